The third kappa shape index (κ3) is 5.51. The molecule has 1 aromatic heterocycles. The molecule has 0 aliphatic rings. The predicted octanol–water partition coefficient (Wildman–Crippen LogP) is 2.85. The minimum absolute atomic E-state index is 0.105. The van der Waals surface area contributed by atoms with Gasteiger partial charge in [0.25, 0.3) is 0 Å². The lowest BCUT2D eigenvalue weighted by Crippen LogP contribution is -2.40. The van der Waals surface area contributed by atoms with Crippen LogP contribution in [-0.4, -0.2) is 22.2 Å². The van der Waals surface area contributed by atoms with Gasteiger partial charge in [-0.2, -0.15) is 0 Å². The molecular formula is C11H18N2OS2. The molecule has 3 nitrogen and oxygen atoms in total. The maximum Gasteiger partial charge on any atom is 0.221 e. The number of thioether (sulfide) groups is 1. The highest BCUT2D eigenvalue weighted by Gasteiger charge is 2.13. The molecule has 0 fully saturated rings. The van der Waals surface area contributed by atoms with Gasteiger partial charge >= 0.3 is 0 Å². The van der Waals surface area contributed by atoms with Crippen molar-refractivity contribution in [3.63, 3.8) is 0 Å². The van der Waals surface area contributed by atoms with E-state index in [1.165, 1.54) is 0 Å². The summed E-state index contributed by atoms with van der Waals surface area (Å²) in [5, 5.41) is 4.97. The first-order valence-corrected chi connectivity index (χ1v) is 7.09. The molecule has 1 aromatic rings. The maximum absolute atomic E-state index is 11.5. The van der Waals surface area contributed by atoms with E-state index in [1.807, 2.05) is 33.1 Å². The van der Waals surface area contributed by atoms with Crippen molar-refractivity contribution < 1.29 is 4.79 Å². The van der Waals surface area contributed by atoms with Gasteiger partial charge < -0.3 is 5.32 Å². The van der Waals surface area contributed by atoms with Crippen LogP contribution >= 0.6 is 23.1 Å². The fourth-order valence-electron chi connectivity index (χ4n) is 1.11. The van der Waals surface area contributed by atoms with E-state index in [2.05, 4.69) is 10.3 Å². The van der Waals surface area contributed by atoms with Gasteiger partial charge in [0.05, 0.1) is 0 Å². The Morgan fingerprint density at radius 1 is 1.56 bits per heavy atom. The van der Waals surface area contributed by atoms with Gasteiger partial charge in [0.15, 0.2) is 0 Å². The van der Waals surface area contributed by atoms with Gasteiger partial charge in [0.2, 0.25) is 5.91 Å². The molecule has 1 rings (SSSR count). The molecular weight excluding hydrogens is 240 g/mol. The Hall–Kier alpha value is -0.550. The lowest BCUT2D eigenvalue weighted by Gasteiger charge is -2.20. The Kier molecular flexibility index (Phi) is 4.80. The molecule has 0 bridgehead atoms. The molecule has 0 aromatic carbocycles. The summed E-state index contributed by atoms with van der Waals surface area (Å²) in [6.07, 6.45) is 0.542. The summed E-state index contributed by atoms with van der Waals surface area (Å²) in [4.78, 5) is 15.8. The van der Waals surface area contributed by atoms with Crippen LogP contribution in [0.15, 0.2) is 9.72 Å². The van der Waals surface area contributed by atoms with Crippen molar-refractivity contribution in [1.82, 2.24) is 10.3 Å². The van der Waals surface area contributed by atoms with Crippen molar-refractivity contribution in [2.75, 3.05) is 5.75 Å². The smallest absolute Gasteiger partial charge is 0.221 e. The average molecular weight is 258 g/mol. The molecule has 0 atom stereocenters. The van der Waals surface area contributed by atoms with E-state index in [1.54, 1.807) is 23.1 Å². The average Bonchev–Trinajstić information content (AvgIpc) is 2.48. The Bertz CT molecular complexity index is 355. The number of aromatic nitrogens is 1. The second kappa shape index (κ2) is 5.68. The van der Waals surface area contributed by atoms with Crippen molar-refractivity contribution in [3.8, 4) is 0 Å². The fourth-order valence-corrected chi connectivity index (χ4v) is 2.97. The Morgan fingerprint density at radius 3 is 2.75 bits per heavy atom. The van der Waals surface area contributed by atoms with E-state index in [-0.39, 0.29) is 11.4 Å². The molecule has 5 heteroatoms. The summed E-state index contributed by atoms with van der Waals surface area (Å²) < 4.78 is 1.04. The van der Waals surface area contributed by atoms with Gasteiger partial charge in [-0.05, 0) is 27.7 Å². The first-order valence-electron chi connectivity index (χ1n) is 5.23. The number of amides is 1. The van der Waals surface area contributed by atoms with Crippen LogP contribution in [0.4, 0.5) is 0 Å². The van der Waals surface area contributed by atoms with Gasteiger partial charge in [-0.25, -0.2) is 4.98 Å². The van der Waals surface area contributed by atoms with Gasteiger partial charge in [-0.1, -0.05) is 11.8 Å². The fraction of sp³-hybridized carbons (Fsp3) is 0.636. The molecule has 16 heavy (non-hydrogen) atoms. The summed E-state index contributed by atoms with van der Waals surface area (Å²) in [5.41, 5.74) is 0.908. The number of aryl methyl sites for hydroxylation is 1. The minimum atomic E-state index is -0.139. The molecule has 1 heterocycles. The van der Waals surface area contributed by atoms with Crippen LogP contribution in [0.3, 0.4) is 0 Å². The Morgan fingerprint density at radius 2 is 2.25 bits per heavy atom. The van der Waals surface area contributed by atoms with Crippen molar-refractivity contribution in [1.29, 1.82) is 0 Å². The highest BCUT2D eigenvalue weighted by Crippen LogP contribution is 2.22. The van der Waals surface area contributed by atoms with Crippen LogP contribution in [0.25, 0.3) is 0 Å². The van der Waals surface area contributed by atoms with E-state index in [4.69, 9.17) is 0 Å². The predicted molar refractivity (Wildman–Crippen MR) is 70.1 cm³/mol. The summed E-state index contributed by atoms with van der Waals surface area (Å²) in [6, 6.07) is 0. The zero-order chi connectivity index (χ0) is 12.2. The third-order valence-electron chi connectivity index (χ3n) is 1.67. The molecule has 0 aliphatic carbocycles. The topological polar surface area (TPSA) is 42.0 Å². The number of thiazole rings is 1. The van der Waals surface area contributed by atoms with Crippen molar-refractivity contribution in [2.24, 2.45) is 0 Å². The number of hydrogen-bond donors (Lipinski definition) is 1. The number of rotatable bonds is 4. The standard InChI is InChI=1S/C11H18N2OS2/c1-8-7-16-10(12-8)15-6-5-9(14)13-11(2,3)4/h7H,5-6H2,1-4H3,(H,13,14). The van der Waals surface area contributed by atoms with E-state index in [9.17, 15) is 4.79 Å². The molecule has 0 aliphatic heterocycles. The minimum Gasteiger partial charge on any atom is -0.351 e. The zero-order valence-electron chi connectivity index (χ0n) is 10.2. The van der Waals surface area contributed by atoms with Crippen LogP contribution in [0.2, 0.25) is 0 Å². The number of nitrogens with zero attached hydrogens (tertiary/aromatic N) is 1. The molecule has 0 spiro atoms. The van der Waals surface area contributed by atoms with Crippen molar-refractivity contribution >= 4 is 29.0 Å². The largest absolute Gasteiger partial charge is 0.351 e. The third-order valence-corrected chi connectivity index (χ3v) is 3.81. The van der Waals surface area contributed by atoms with Crippen LogP contribution in [0, 0.1) is 6.92 Å². The van der Waals surface area contributed by atoms with Crippen LogP contribution in [-0.2, 0) is 4.79 Å². The quantitative estimate of drug-likeness (QED) is 0.844. The lowest BCUT2D eigenvalue weighted by atomic mass is 10.1. The van der Waals surface area contributed by atoms with Crippen molar-refractivity contribution in [3.05, 3.63) is 11.1 Å². The van der Waals surface area contributed by atoms with Gasteiger partial charge in [-0.3, -0.25) is 4.79 Å². The zero-order valence-corrected chi connectivity index (χ0v) is 11.8. The summed E-state index contributed by atoms with van der Waals surface area (Å²) in [6.45, 7) is 7.94. The van der Waals surface area contributed by atoms with Crippen LogP contribution in [0.5, 0.6) is 0 Å². The summed E-state index contributed by atoms with van der Waals surface area (Å²) >= 11 is 3.28. The number of nitrogens with one attached hydrogen (secondary N) is 1. The normalized spacial score (nSPS) is 11.5. The summed E-state index contributed by atoms with van der Waals surface area (Å²) in [5.74, 6) is 0.891. The van der Waals surface area contributed by atoms with Crippen LogP contribution in [0.1, 0.15) is 32.9 Å². The van der Waals surface area contributed by atoms with Crippen LogP contribution < -0.4 is 5.32 Å². The second-order valence-corrected chi connectivity index (χ2v) is 6.85. The first kappa shape index (κ1) is 13.5. The number of carbonyl (C=O) groups is 1. The van der Waals surface area contributed by atoms with Gasteiger partial charge in [-0.15, -0.1) is 11.3 Å². The Labute approximate surface area is 105 Å². The molecule has 90 valence electrons. The molecule has 1 amide bonds. The molecule has 0 unspecified atom stereocenters. The SMILES string of the molecule is Cc1csc(SCCC(=O)NC(C)(C)C)n1. The van der Waals surface area contributed by atoms with E-state index < -0.39 is 0 Å². The Balaban J connectivity index is 2.23. The van der Waals surface area contributed by atoms with Gasteiger partial charge in [0, 0.05) is 28.8 Å². The van der Waals surface area contributed by atoms with Crippen molar-refractivity contribution in [2.45, 2.75) is 44.0 Å². The number of carbonyl (C=O) groups excluding carboxylic acids is 1. The molecule has 0 saturated heterocycles. The van der Waals surface area contributed by atoms with E-state index >= 15 is 0 Å². The number of hydrogen-bond acceptors (Lipinski definition) is 4. The highest BCUT2D eigenvalue weighted by molar-refractivity contribution is 8.01. The first-order chi connectivity index (χ1) is 7.37. The monoisotopic (exact) mass is 258 g/mol. The molecule has 0 radical (unpaired) electrons. The highest BCUT2D eigenvalue weighted by atomic mass is 32.2. The summed E-state index contributed by atoms with van der Waals surface area (Å²) in [7, 11) is 0. The maximum atomic E-state index is 11.5. The lowest BCUT2D eigenvalue weighted by molar-refractivity contribution is -0.122. The van der Waals surface area contributed by atoms with E-state index in [0.717, 1.165) is 15.8 Å². The molecule has 0 saturated carbocycles. The molecule has 1 N–H and O–H groups in total. The van der Waals surface area contributed by atoms with E-state index in [0.29, 0.717) is 6.42 Å². The van der Waals surface area contributed by atoms with Gasteiger partial charge in [0.1, 0.15) is 4.34 Å². The second-order valence-electron chi connectivity index (χ2n) is 4.65.